The van der Waals surface area contributed by atoms with Crippen LogP contribution in [0.15, 0.2) is 10.9 Å². The number of H-pyrrole nitrogens is 1. The number of rotatable bonds is 3. The zero-order chi connectivity index (χ0) is 13.8. The van der Waals surface area contributed by atoms with Gasteiger partial charge in [0.2, 0.25) is 0 Å². The summed E-state index contributed by atoms with van der Waals surface area (Å²) in [5.41, 5.74) is -0.213. The Morgan fingerprint density at radius 2 is 2.26 bits per heavy atom. The highest BCUT2D eigenvalue weighted by atomic mass is 16.1. The monoisotopic (exact) mass is 261 g/mol. The van der Waals surface area contributed by atoms with Gasteiger partial charge < -0.3 is 9.80 Å². The van der Waals surface area contributed by atoms with Crippen LogP contribution in [0.25, 0.3) is 0 Å². The van der Waals surface area contributed by atoms with Crippen LogP contribution in [0.5, 0.6) is 0 Å². The number of aromatic nitrogens is 2. The molecule has 1 fully saturated rings. The van der Waals surface area contributed by atoms with Gasteiger partial charge in [-0.15, -0.1) is 0 Å². The molecule has 0 spiro atoms. The molecule has 0 atom stereocenters. The van der Waals surface area contributed by atoms with Gasteiger partial charge in [-0.2, -0.15) is 10.2 Å². The minimum atomic E-state index is -0.468. The first-order chi connectivity index (χ1) is 9.08. The SMILES string of the molecule is CN1CCC(CN(C)c2cc(C#N)[nH]c(=O)n2)CC1. The summed E-state index contributed by atoms with van der Waals surface area (Å²) in [6.07, 6.45) is 2.32. The van der Waals surface area contributed by atoms with Crippen molar-refractivity contribution in [2.45, 2.75) is 12.8 Å². The fourth-order valence-corrected chi connectivity index (χ4v) is 2.43. The summed E-state index contributed by atoms with van der Waals surface area (Å²) >= 11 is 0. The van der Waals surface area contributed by atoms with E-state index < -0.39 is 5.69 Å². The largest absolute Gasteiger partial charge is 0.359 e. The van der Waals surface area contributed by atoms with E-state index in [1.54, 1.807) is 6.07 Å². The molecule has 1 aliphatic heterocycles. The van der Waals surface area contributed by atoms with Crippen LogP contribution in [-0.4, -0.2) is 48.6 Å². The van der Waals surface area contributed by atoms with Crippen molar-refractivity contribution in [2.24, 2.45) is 5.92 Å². The number of nitrogens with one attached hydrogen (secondary N) is 1. The number of hydrogen-bond donors (Lipinski definition) is 1. The molecule has 0 amide bonds. The highest BCUT2D eigenvalue weighted by Gasteiger charge is 2.19. The minimum Gasteiger partial charge on any atom is -0.359 e. The van der Waals surface area contributed by atoms with E-state index in [1.807, 2.05) is 18.0 Å². The predicted molar refractivity (Wildman–Crippen MR) is 73.1 cm³/mol. The van der Waals surface area contributed by atoms with Crippen LogP contribution in [0.2, 0.25) is 0 Å². The van der Waals surface area contributed by atoms with E-state index in [0.717, 1.165) is 32.5 Å². The van der Waals surface area contributed by atoms with Crippen molar-refractivity contribution in [3.8, 4) is 6.07 Å². The van der Waals surface area contributed by atoms with Crippen LogP contribution in [0.3, 0.4) is 0 Å². The van der Waals surface area contributed by atoms with Crippen molar-refractivity contribution >= 4 is 5.82 Å². The number of likely N-dealkylation sites (tertiary alicyclic amines) is 1. The van der Waals surface area contributed by atoms with E-state index in [2.05, 4.69) is 21.9 Å². The molecule has 6 nitrogen and oxygen atoms in total. The van der Waals surface area contributed by atoms with Crippen molar-refractivity contribution in [2.75, 3.05) is 38.6 Å². The maximum absolute atomic E-state index is 11.4. The molecule has 0 bridgehead atoms. The Bertz CT molecular complexity index is 525. The maximum atomic E-state index is 11.4. The number of nitriles is 1. The molecule has 1 aliphatic rings. The second-order valence-electron chi connectivity index (χ2n) is 5.20. The van der Waals surface area contributed by atoms with Gasteiger partial charge in [-0.3, -0.25) is 4.98 Å². The third-order valence-corrected chi connectivity index (χ3v) is 3.61. The number of anilines is 1. The Morgan fingerprint density at radius 1 is 1.58 bits per heavy atom. The van der Waals surface area contributed by atoms with Crippen molar-refractivity contribution in [3.63, 3.8) is 0 Å². The molecule has 19 heavy (non-hydrogen) atoms. The fraction of sp³-hybridized carbons (Fsp3) is 0.615. The summed E-state index contributed by atoms with van der Waals surface area (Å²) < 4.78 is 0. The molecule has 1 aromatic rings. The van der Waals surface area contributed by atoms with E-state index in [-0.39, 0.29) is 5.69 Å². The smallest absolute Gasteiger partial charge is 0.347 e. The van der Waals surface area contributed by atoms with Gasteiger partial charge in [0.05, 0.1) is 0 Å². The number of nitrogens with zero attached hydrogens (tertiary/aromatic N) is 4. The lowest BCUT2D eigenvalue weighted by Gasteiger charge is -2.31. The van der Waals surface area contributed by atoms with E-state index in [4.69, 9.17) is 5.26 Å². The predicted octanol–water partition coefficient (Wildman–Crippen LogP) is 0.420. The molecule has 0 aromatic carbocycles. The second-order valence-corrected chi connectivity index (χ2v) is 5.20. The first-order valence-corrected chi connectivity index (χ1v) is 6.49. The zero-order valence-electron chi connectivity index (χ0n) is 11.4. The Kier molecular flexibility index (Phi) is 4.17. The average molecular weight is 261 g/mol. The number of aromatic amines is 1. The average Bonchev–Trinajstić information content (AvgIpc) is 2.40. The molecular formula is C13H19N5O. The molecule has 0 saturated carbocycles. The maximum Gasteiger partial charge on any atom is 0.347 e. The number of hydrogen-bond acceptors (Lipinski definition) is 5. The van der Waals surface area contributed by atoms with Gasteiger partial charge >= 0.3 is 5.69 Å². The molecule has 102 valence electrons. The normalized spacial score (nSPS) is 17.1. The van der Waals surface area contributed by atoms with E-state index in [0.29, 0.717) is 11.7 Å². The minimum absolute atomic E-state index is 0.255. The third-order valence-electron chi connectivity index (χ3n) is 3.61. The molecule has 0 unspecified atom stereocenters. The van der Waals surface area contributed by atoms with Crippen LogP contribution in [0.4, 0.5) is 5.82 Å². The molecule has 1 saturated heterocycles. The first-order valence-electron chi connectivity index (χ1n) is 6.49. The van der Waals surface area contributed by atoms with Crippen molar-refractivity contribution in [1.82, 2.24) is 14.9 Å². The standard InChI is InChI=1S/C13H19N5O/c1-17-5-3-10(4-6-17)9-18(2)12-7-11(8-14)15-13(19)16-12/h7,10H,3-6,9H2,1-2H3,(H,15,16,19). The molecule has 2 heterocycles. The van der Waals surface area contributed by atoms with Crippen molar-refractivity contribution in [3.05, 3.63) is 22.2 Å². The van der Waals surface area contributed by atoms with E-state index in [9.17, 15) is 4.79 Å². The summed E-state index contributed by atoms with van der Waals surface area (Å²) in [5.74, 6) is 1.19. The Hall–Kier alpha value is -1.87. The lowest BCUT2D eigenvalue weighted by molar-refractivity contribution is 0.222. The quantitative estimate of drug-likeness (QED) is 0.853. The van der Waals surface area contributed by atoms with Crippen LogP contribution in [0.1, 0.15) is 18.5 Å². The Balaban J connectivity index is 2.04. The zero-order valence-corrected chi connectivity index (χ0v) is 11.4. The molecule has 1 N–H and O–H groups in total. The summed E-state index contributed by atoms with van der Waals surface area (Å²) in [6.45, 7) is 3.10. The molecule has 6 heteroatoms. The summed E-state index contributed by atoms with van der Waals surface area (Å²) in [4.78, 5) is 22.0. The third kappa shape index (κ3) is 3.55. The van der Waals surface area contributed by atoms with Crippen LogP contribution in [-0.2, 0) is 0 Å². The van der Waals surface area contributed by atoms with Gasteiger partial charge in [0.1, 0.15) is 17.6 Å². The van der Waals surface area contributed by atoms with E-state index in [1.165, 1.54) is 0 Å². The Morgan fingerprint density at radius 3 is 2.89 bits per heavy atom. The molecular weight excluding hydrogens is 242 g/mol. The van der Waals surface area contributed by atoms with Gasteiger partial charge in [0.15, 0.2) is 0 Å². The topological polar surface area (TPSA) is 76.0 Å². The van der Waals surface area contributed by atoms with Gasteiger partial charge in [0.25, 0.3) is 0 Å². The summed E-state index contributed by atoms with van der Waals surface area (Å²) in [6, 6.07) is 3.56. The van der Waals surface area contributed by atoms with Gasteiger partial charge in [-0.05, 0) is 38.9 Å². The van der Waals surface area contributed by atoms with Gasteiger partial charge in [-0.1, -0.05) is 0 Å². The Labute approximate surface area is 112 Å². The summed E-state index contributed by atoms with van der Waals surface area (Å²) in [7, 11) is 4.05. The van der Waals surface area contributed by atoms with Crippen molar-refractivity contribution < 1.29 is 0 Å². The molecule has 1 aromatic heterocycles. The first kappa shape index (κ1) is 13.6. The molecule has 2 rings (SSSR count). The number of piperidine rings is 1. The van der Waals surface area contributed by atoms with Crippen LogP contribution < -0.4 is 10.6 Å². The second kappa shape index (κ2) is 5.85. The highest BCUT2D eigenvalue weighted by molar-refractivity contribution is 5.41. The van der Waals surface area contributed by atoms with Crippen LogP contribution >= 0.6 is 0 Å². The van der Waals surface area contributed by atoms with Gasteiger partial charge in [0, 0.05) is 19.7 Å². The van der Waals surface area contributed by atoms with Crippen LogP contribution in [0, 0.1) is 17.2 Å². The lowest BCUT2D eigenvalue weighted by Crippen LogP contribution is -2.36. The van der Waals surface area contributed by atoms with Crippen molar-refractivity contribution in [1.29, 1.82) is 5.26 Å². The van der Waals surface area contributed by atoms with E-state index >= 15 is 0 Å². The highest BCUT2D eigenvalue weighted by Crippen LogP contribution is 2.19. The molecule has 0 radical (unpaired) electrons. The van der Waals surface area contributed by atoms with Gasteiger partial charge in [-0.25, -0.2) is 4.79 Å². The fourth-order valence-electron chi connectivity index (χ4n) is 2.43. The lowest BCUT2D eigenvalue weighted by atomic mass is 9.97. The summed E-state index contributed by atoms with van der Waals surface area (Å²) in [5, 5.41) is 8.85. The molecule has 0 aliphatic carbocycles.